The van der Waals surface area contributed by atoms with E-state index < -0.39 is 16.0 Å². The first-order valence-electron chi connectivity index (χ1n) is 10.6. The van der Waals surface area contributed by atoms with Gasteiger partial charge in [-0.05, 0) is 60.2 Å². The van der Waals surface area contributed by atoms with Gasteiger partial charge in [-0.25, -0.2) is 22.9 Å². The quantitative estimate of drug-likeness (QED) is 0.288. The molecule has 2 N–H and O–H groups in total. The van der Waals surface area contributed by atoms with Crippen LogP contribution in [0, 0.1) is 0 Å². The van der Waals surface area contributed by atoms with Crippen molar-refractivity contribution in [2.75, 3.05) is 6.54 Å². The molecule has 0 amide bonds. The maximum atomic E-state index is 12.7. The van der Waals surface area contributed by atoms with Crippen molar-refractivity contribution in [3.05, 3.63) is 89.5 Å². The average molecular weight is 488 g/mol. The van der Waals surface area contributed by atoms with Crippen LogP contribution >= 0.6 is 11.6 Å². The molecule has 7 nitrogen and oxygen atoms in total. The number of aryl methyl sites for hydroxylation is 1. The molecule has 0 saturated carbocycles. The Hall–Kier alpha value is -2.94. The van der Waals surface area contributed by atoms with Crippen LogP contribution in [0.2, 0.25) is 5.02 Å². The van der Waals surface area contributed by atoms with Gasteiger partial charge in [0, 0.05) is 36.6 Å². The number of halogens is 1. The number of hydrogen-bond acceptors (Lipinski definition) is 4. The molecule has 0 spiro atoms. The normalized spacial score (nSPS) is 12.8. The molecule has 3 rings (SSSR count). The number of carboxylic acid groups (broad SMARTS) is 1. The van der Waals surface area contributed by atoms with Crippen LogP contribution in [0.3, 0.4) is 0 Å². The maximum absolute atomic E-state index is 12.7. The number of carbonyl (C=O) groups is 1. The van der Waals surface area contributed by atoms with Gasteiger partial charge in [-0.2, -0.15) is 0 Å². The molecule has 0 radical (unpaired) electrons. The Morgan fingerprint density at radius 2 is 1.85 bits per heavy atom. The van der Waals surface area contributed by atoms with E-state index in [1.165, 1.54) is 18.2 Å². The zero-order valence-electron chi connectivity index (χ0n) is 18.0. The lowest BCUT2D eigenvalue weighted by Gasteiger charge is -2.19. The van der Waals surface area contributed by atoms with Gasteiger partial charge in [0.1, 0.15) is 0 Å². The van der Waals surface area contributed by atoms with Crippen LogP contribution in [0.1, 0.15) is 36.3 Å². The second-order valence-corrected chi connectivity index (χ2v) is 9.84. The van der Waals surface area contributed by atoms with Crippen LogP contribution in [0.15, 0.2) is 78.2 Å². The van der Waals surface area contributed by atoms with Gasteiger partial charge in [0.2, 0.25) is 10.0 Å². The number of nitrogens with one attached hydrogen (secondary N) is 1. The molecule has 0 bridgehead atoms. The lowest BCUT2D eigenvalue weighted by atomic mass is 9.93. The van der Waals surface area contributed by atoms with E-state index in [-0.39, 0.29) is 17.4 Å². The molecular weight excluding hydrogens is 462 g/mol. The van der Waals surface area contributed by atoms with Crippen molar-refractivity contribution < 1.29 is 18.3 Å². The highest BCUT2D eigenvalue weighted by Gasteiger charge is 2.18. The van der Waals surface area contributed by atoms with Crippen LogP contribution in [0.25, 0.3) is 6.08 Å². The third-order valence-corrected chi connectivity index (χ3v) is 6.94. The van der Waals surface area contributed by atoms with E-state index in [1.54, 1.807) is 24.7 Å². The van der Waals surface area contributed by atoms with Crippen LogP contribution in [0.5, 0.6) is 0 Å². The van der Waals surface area contributed by atoms with Gasteiger partial charge in [-0.3, -0.25) is 0 Å². The molecular formula is C24H26ClN3O4S. The monoisotopic (exact) mass is 487 g/mol. The molecule has 0 aliphatic rings. The van der Waals surface area contributed by atoms with Crippen molar-refractivity contribution in [3.8, 4) is 0 Å². The number of carboxylic acids is 1. The minimum Gasteiger partial charge on any atom is -0.478 e. The number of benzene rings is 2. The summed E-state index contributed by atoms with van der Waals surface area (Å²) in [6.07, 6.45) is 10.7. The second-order valence-electron chi connectivity index (χ2n) is 7.64. The number of sulfonamides is 1. The van der Waals surface area contributed by atoms with E-state index in [2.05, 4.69) is 9.71 Å². The van der Waals surface area contributed by atoms with Gasteiger partial charge in [-0.1, -0.05) is 42.3 Å². The molecule has 0 fully saturated rings. The highest BCUT2D eigenvalue weighted by Crippen LogP contribution is 2.24. The minimum atomic E-state index is -3.67. The lowest BCUT2D eigenvalue weighted by molar-refractivity contribution is -0.131. The Kier molecular flexibility index (Phi) is 8.82. The standard InChI is InChI=1S/C24H26ClN3O4S/c25-22-9-11-23(12-10-22)33(31,32)27-17-21(3-1-2-15-28-16-14-26-18-28)20-7-4-19(5-8-20)6-13-24(29)30/h4-14,16,18,21,27H,1-3,15,17H2,(H,29,30). The number of nitrogens with zero attached hydrogens (tertiary/aromatic N) is 2. The first-order chi connectivity index (χ1) is 15.8. The smallest absolute Gasteiger partial charge is 0.328 e. The van der Waals surface area contributed by atoms with Gasteiger partial charge in [-0.15, -0.1) is 0 Å². The summed E-state index contributed by atoms with van der Waals surface area (Å²) in [7, 11) is -3.67. The van der Waals surface area contributed by atoms with Crippen molar-refractivity contribution in [3.63, 3.8) is 0 Å². The predicted octanol–water partition coefficient (Wildman–Crippen LogP) is 4.57. The molecule has 0 aliphatic carbocycles. The van der Waals surface area contributed by atoms with Gasteiger partial charge < -0.3 is 9.67 Å². The fraction of sp³-hybridized carbons (Fsp3) is 0.250. The van der Waals surface area contributed by atoms with Crippen molar-refractivity contribution in [2.45, 2.75) is 36.6 Å². The summed E-state index contributed by atoms with van der Waals surface area (Å²) in [4.78, 5) is 14.9. The molecule has 1 heterocycles. The molecule has 0 aliphatic heterocycles. The van der Waals surface area contributed by atoms with E-state index in [0.717, 1.165) is 43.0 Å². The summed E-state index contributed by atoms with van der Waals surface area (Å²) < 4.78 is 30.2. The van der Waals surface area contributed by atoms with Crippen molar-refractivity contribution >= 4 is 33.7 Å². The Bertz CT molecular complexity index is 1160. The van der Waals surface area contributed by atoms with E-state index in [4.69, 9.17) is 16.7 Å². The predicted molar refractivity (Wildman–Crippen MR) is 129 cm³/mol. The number of rotatable bonds is 12. The molecule has 1 aromatic heterocycles. The fourth-order valence-electron chi connectivity index (χ4n) is 3.44. The number of hydrogen-bond donors (Lipinski definition) is 2. The summed E-state index contributed by atoms with van der Waals surface area (Å²) in [5.41, 5.74) is 1.76. The molecule has 2 aromatic carbocycles. The summed E-state index contributed by atoms with van der Waals surface area (Å²) in [5.74, 6) is -1.04. The van der Waals surface area contributed by atoms with Crippen molar-refractivity contribution in [1.29, 1.82) is 0 Å². The molecule has 3 aromatic rings. The third kappa shape index (κ3) is 7.85. The van der Waals surface area contributed by atoms with E-state index in [1.807, 2.05) is 35.0 Å². The van der Waals surface area contributed by atoms with Gasteiger partial charge in [0.05, 0.1) is 11.2 Å². The van der Waals surface area contributed by atoms with Gasteiger partial charge >= 0.3 is 5.97 Å². The average Bonchev–Trinajstić information content (AvgIpc) is 3.31. The molecule has 1 unspecified atom stereocenters. The first kappa shape index (κ1) is 24.7. The highest BCUT2D eigenvalue weighted by molar-refractivity contribution is 7.89. The van der Waals surface area contributed by atoms with Crippen LogP contribution in [-0.4, -0.2) is 35.6 Å². The van der Waals surface area contributed by atoms with Crippen molar-refractivity contribution in [1.82, 2.24) is 14.3 Å². The lowest BCUT2D eigenvalue weighted by Crippen LogP contribution is -2.28. The summed E-state index contributed by atoms with van der Waals surface area (Å²) in [5, 5.41) is 9.27. The maximum Gasteiger partial charge on any atom is 0.328 e. The zero-order chi connectivity index (χ0) is 23.7. The first-order valence-corrected chi connectivity index (χ1v) is 12.4. The molecule has 9 heteroatoms. The zero-order valence-corrected chi connectivity index (χ0v) is 19.5. The van der Waals surface area contributed by atoms with Crippen LogP contribution in [-0.2, 0) is 21.4 Å². The Morgan fingerprint density at radius 3 is 2.48 bits per heavy atom. The number of imidazole rings is 1. The number of unbranched alkanes of at least 4 members (excludes halogenated alkanes) is 1. The molecule has 0 saturated heterocycles. The van der Waals surface area contributed by atoms with Crippen molar-refractivity contribution in [2.24, 2.45) is 0 Å². The number of aliphatic carboxylic acids is 1. The minimum absolute atomic E-state index is 0.0348. The fourth-order valence-corrected chi connectivity index (χ4v) is 4.65. The molecule has 174 valence electrons. The highest BCUT2D eigenvalue weighted by atomic mass is 35.5. The molecule has 33 heavy (non-hydrogen) atoms. The largest absolute Gasteiger partial charge is 0.478 e. The Labute approximate surface area is 198 Å². The summed E-state index contributed by atoms with van der Waals surface area (Å²) >= 11 is 5.87. The second kappa shape index (κ2) is 11.8. The van der Waals surface area contributed by atoms with E-state index in [0.29, 0.717) is 5.02 Å². The van der Waals surface area contributed by atoms with Gasteiger partial charge in [0.25, 0.3) is 0 Å². The van der Waals surface area contributed by atoms with Crippen LogP contribution in [0.4, 0.5) is 0 Å². The van der Waals surface area contributed by atoms with E-state index in [9.17, 15) is 13.2 Å². The topological polar surface area (TPSA) is 101 Å². The van der Waals surface area contributed by atoms with E-state index >= 15 is 0 Å². The molecule has 1 atom stereocenters. The third-order valence-electron chi connectivity index (χ3n) is 5.25. The van der Waals surface area contributed by atoms with Crippen LogP contribution < -0.4 is 4.72 Å². The Balaban J connectivity index is 1.68. The summed E-state index contributed by atoms with van der Waals surface area (Å²) in [6.45, 7) is 1.10. The number of aromatic nitrogens is 2. The van der Waals surface area contributed by atoms with Gasteiger partial charge in [0.15, 0.2) is 0 Å². The summed E-state index contributed by atoms with van der Waals surface area (Å²) in [6, 6.07) is 13.6. The SMILES string of the molecule is O=C(O)C=Cc1ccc(C(CCCCn2ccnc2)CNS(=O)(=O)c2ccc(Cl)cc2)cc1. The Morgan fingerprint density at radius 1 is 1.12 bits per heavy atom.